The van der Waals surface area contributed by atoms with Crippen molar-refractivity contribution in [3.63, 3.8) is 0 Å². The Morgan fingerprint density at radius 3 is 2.16 bits per heavy atom. The minimum Gasteiger partial charge on any atom is -0.349 e. The number of amides is 5. The molecule has 258 valence electrons. The van der Waals surface area contributed by atoms with E-state index in [1.807, 2.05) is 38.4 Å². The minimum absolute atomic E-state index is 0.0540. The molecule has 0 spiro atoms. The second-order valence-electron chi connectivity index (χ2n) is 13.4. The summed E-state index contributed by atoms with van der Waals surface area (Å²) in [6.07, 6.45) is -2.49. The zero-order chi connectivity index (χ0) is 34.8. The third-order valence-electron chi connectivity index (χ3n) is 7.54. The van der Waals surface area contributed by atoms with Crippen LogP contribution in [0, 0.1) is 10.8 Å². The quantitative estimate of drug-likeness (QED) is 0.0911. The van der Waals surface area contributed by atoms with Gasteiger partial charge in [-0.3, -0.25) is 23.5 Å². The molecule has 1 heterocycles. The molecule has 1 aliphatic rings. The minimum atomic E-state index is -4.62. The largest absolute Gasteiger partial charge is 0.389 e. The van der Waals surface area contributed by atoms with E-state index in [4.69, 9.17) is 0 Å². The Labute approximate surface area is 269 Å². The molecule has 1 fully saturated rings. The number of nitrogens with one attached hydrogen (secondary N) is 4. The topological polar surface area (TPSA) is 140 Å². The SMILES string of the molecule is C=CCCNC(=O)C(=O)C(CCC(F)(F)F)NC(=O)C1CCCN1C(=O)C(NC(=O)NC(CN(C)SC)C(C)(C)C)C(C)(C)C. The number of Topliss-reactive ketones (excluding diaryl/α,β-unsaturated/α-hetero) is 1. The average Bonchev–Trinajstić information content (AvgIpc) is 3.41. The zero-order valence-electron chi connectivity index (χ0n) is 27.7. The second-order valence-corrected chi connectivity index (χ2v) is 14.4. The first-order valence-electron chi connectivity index (χ1n) is 15.0. The number of carbonyl (C=O) groups excluding carboxylic acids is 5. The molecule has 0 saturated carbocycles. The Morgan fingerprint density at radius 1 is 1.02 bits per heavy atom. The fourth-order valence-electron chi connectivity index (χ4n) is 4.69. The van der Waals surface area contributed by atoms with E-state index in [-0.39, 0.29) is 31.0 Å². The van der Waals surface area contributed by atoms with E-state index in [9.17, 15) is 37.1 Å². The third kappa shape index (κ3) is 13.6. The Balaban J connectivity index is 3.16. The number of hydrogen-bond acceptors (Lipinski definition) is 7. The van der Waals surface area contributed by atoms with Crippen molar-refractivity contribution in [3.8, 4) is 0 Å². The smallest absolute Gasteiger partial charge is 0.349 e. The van der Waals surface area contributed by atoms with E-state index < -0.39 is 72.1 Å². The summed E-state index contributed by atoms with van der Waals surface area (Å²) in [5.41, 5.74) is -1.08. The predicted molar refractivity (Wildman–Crippen MR) is 169 cm³/mol. The number of halogens is 3. The van der Waals surface area contributed by atoms with Crippen molar-refractivity contribution in [2.45, 2.75) is 104 Å². The lowest BCUT2D eigenvalue weighted by molar-refractivity contribution is -0.147. The van der Waals surface area contributed by atoms with Gasteiger partial charge in [-0.05, 0) is 49.8 Å². The van der Waals surface area contributed by atoms with Crippen molar-refractivity contribution in [1.82, 2.24) is 30.5 Å². The number of likely N-dealkylation sites (N-methyl/N-ethyl adjacent to an activating group) is 1. The van der Waals surface area contributed by atoms with E-state index in [0.29, 0.717) is 19.4 Å². The van der Waals surface area contributed by atoms with E-state index >= 15 is 0 Å². The van der Waals surface area contributed by atoms with Crippen LogP contribution in [0.4, 0.5) is 18.0 Å². The molecule has 45 heavy (non-hydrogen) atoms. The molecule has 0 bridgehead atoms. The molecule has 4 N–H and O–H groups in total. The van der Waals surface area contributed by atoms with Crippen LogP contribution < -0.4 is 21.3 Å². The number of nitrogens with zero attached hydrogens (tertiary/aromatic N) is 2. The molecule has 1 rings (SSSR count). The summed E-state index contributed by atoms with van der Waals surface area (Å²) in [4.78, 5) is 66.9. The normalized spacial score (nSPS) is 17.7. The van der Waals surface area contributed by atoms with Crippen LogP contribution in [0.5, 0.6) is 0 Å². The molecule has 15 heteroatoms. The molecule has 5 amide bonds. The standard InChI is InChI=1S/C30H51F3N6O5S/c1-10-11-16-34-25(42)22(40)19(14-15-30(31,32)33)35-24(41)20-13-12-17-39(20)26(43)23(29(5,6)7)37-27(44)36-21(28(2,3)4)18-38(8)45-9/h10,19-21,23H,1,11-18H2,2-9H3,(H,34,42)(H,35,41)(H2,36,37,44). The number of carbonyl (C=O) groups is 5. The number of likely N-dealkylation sites (tertiary alicyclic amines) is 1. The van der Waals surface area contributed by atoms with E-state index in [2.05, 4.69) is 27.8 Å². The van der Waals surface area contributed by atoms with Crippen molar-refractivity contribution >= 4 is 41.5 Å². The number of rotatable bonds is 15. The van der Waals surface area contributed by atoms with Crippen molar-refractivity contribution in [2.75, 3.05) is 32.9 Å². The summed E-state index contributed by atoms with van der Waals surface area (Å²) >= 11 is 1.52. The van der Waals surface area contributed by atoms with Crippen LogP contribution in [0.3, 0.4) is 0 Å². The van der Waals surface area contributed by atoms with Crippen molar-refractivity contribution < 1.29 is 37.1 Å². The molecule has 0 radical (unpaired) electrons. The highest BCUT2D eigenvalue weighted by Gasteiger charge is 2.43. The lowest BCUT2D eigenvalue weighted by Crippen LogP contribution is -2.61. The van der Waals surface area contributed by atoms with Gasteiger partial charge >= 0.3 is 12.2 Å². The Morgan fingerprint density at radius 2 is 1.64 bits per heavy atom. The maximum atomic E-state index is 13.9. The summed E-state index contributed by atoms with van der Waals surface area (Å²) in [6, 6.07) is -4.72. The van der Waals surface area contributed by atoms with Gasteiger partial charge in [0.05, 0.1) is 6.04 Å². The Kier molecular flexibility index (Phi) is 15.4. The van der Waals surface area contributed by atoms with Gasteiger partial charge in [0, 0.05) is 32.1 Å². The zero-order valence-corrected chi connectivity index (χ0v) is 28.5. The van der Waals surface area contributed by atoms with E-state index in [0.717, 1.165) is 0 Å². The van der Waals surface area contributed by atoms with Crippen molar-refractivity contribution in [3.05, 3.63) is 12.7 Å². The molecule has 0 aromatic carbocycles. The third-order valence-corrected chi connectivity index (χ3v) is 8.31. The first-order valence-corrected chi connectivity index (χ1v) is 16.2. The van der Waals surface area contributed by atoms with E-state index in [1.165, 1.54) is 22.9 Å². The van der Waals surface area contributed by atoms with Crippen LogP contribution >= 0.6 is 11.9 Å². The van der Waals surface area contributed by atoms with Gasteiger partial charge in [0.25, 0.3) is 5.91 Å². The average molecular weight is 665 g/mol. The maximum absolute atomic E-state index is 13.9. The van der Waals surface area contributed by atoms with Crippen LogP contribution in [-0.4, -0.2) is 102 Å². The number of hydrogen-bond donors (Lipinski definition) is 4. The van der Waals surface area contributed by atoms with Crippen LogP contribution in [0.2, 0.25) is 0 Å². The van der Waals surface area contributed by atoms with Gasteiger partial charge in [-0.1, -0.05) is 59.6 Å². The molecule has 0 aliphatic carbocycles. The molecule has 4 unspecified atom stereocenters. The Hall–Kier alpha value is -2.81. The highest BCUT2D eigenvalue weighted by atomic mass is 32.2. The lowest BCUT2D eigenvalue weighted by atomic mass is 9.85. The molecule has 1 saturated heterocycles. The van der Waals surface area contributed by atoms with Crippen molar-refractivity contribution in [1.29, 1.82) is 0 Å². The van der Waals surface area contributed by atoms with Gasteiger partial charge in [0.1, 0.15) is 12.1 Å². The molecule has 4 atom stereocenters. The summed E-state index contributed by atoms with van der Waals surface area (Å²) in [5, 5.41) is 10.4. The monoisotopic (exact) mass is 664 g/mol. The van der Waals surface area contributed by atoms with Gasteiger partial charge in [-0.2, -0.15) is 13.2 Å². The predicted octanol–water partition coefficient (Wildman–Crippen LogP) is 3.40. The van der Waals surface area contributed by atoms with Crippen LogP contribution in [0.25, 0.3) is 0 Å². The molecule has 1 aliphatic heterocycles. The summed E-state index contributed by atoms with van der Waals surface area (Å²) in [5.74, 6) is -3.71. The van der Waals surface area contributed by atoms with Crippen LogP contribution in [0.15, 0.2) is 12.7 Å². The fourth-order valence-corrected chi connectivity index (χ4v) is 4.99. The first kappa shape index (κ1) is 40.2. The summed E-state index contributed by atoms with van der Waals surface area (Å²) in [7, 11) is 1.90. The van der Waals surface area contributed by atoms with Gasteiger partial charge < -0.3 is 26.2 Å². The molecular formula is C30H51F3N6O5S. The summed E-state index contributed by atoms with van der Waals surface area (Å²) < 4.78 is 41.1. The highest BCUT2D eigenvalue weighted by molar-refractivity contribution is 7.96. The highest BCUT2D eigenvalue weighted by Crippen LogP contribution is 2.27. The number of ketones is 1. The van der Waals surface area contributed by atoms with Crippen molar-refractivity contribution in [2.24, 2.45) is 10.8 Å². The van der Waals surface area contributed by atoms with Crippen LogP contribution in [0.1, 0.15) is 73.6 Å². The number of urea groups is 1. The number of alkyl halides is 3. The lowest BCUT2D eigenvalue weighted by Gasteiger charge is -2.37. The van der Waals surface area contributed by atoms with Gasteiger partial charge in [-0.15, -0.1) is 6.58 Å². The molecule has 11 nitrogen and oxygen atoms in total. The van der Waals surface area contributed by atoms with Crippen LogP contribution in [-0.2, 0) is 19.2 Å². The molecular weight excluding hydrogens is 613 g/mol. The van der Waals surface area contributed by atoms with Gasteiger partial charge in [-0.25, -0.2) is 4.79 Å². The maximum Gasteiger partial charge on any atom is 0.389 e. The first-order chi connectivity index (χ1) is 20.6. The molecule has 0 aromatic heterocycles. The fraction of sp³-hybridized carbons (Fsp3) is 0.767. The summed E-state index contributed by atoms with van der Waals surface area (Å²) in [6.45, 7) is 15.5. The van der Waals surface area contributed by atoms with Gasteiger partial charge in [0.2, 0.25) is 17.6 Å². The van der Waals surface area contributed by atoms with E-state index in [1.54, 1.807) is 20.8 Å². The molecule has 0 aromatic rings. The Bertz CT molecular complexity index is 1060. The van der Waals surface area contributed by atoms with Gasteiger partial charge in [0.15, 0.2) is 0 Å². The second kappa shape index (κ2) is 17.2.